The molecule has 1 N–H and O–H groups in total. The number of nitro groups is 1. The van der Waals surface area contributed by atoms with Gasteiger partial charge in [0.05, 0.1) is 18.1 Å². The van der Waals surface area contributed by atoms with Crippen molar-refractivity contribution in [1.29, 1.82) is 0 Å². The Balaban J connectivity index is 2.00. The maximum Gasteiger partial charge on any atom is 0.332 e. The Morgan fingerprint density at radius 3 is 2.56 bits per heavy atom. The van der Waals surface area contributed by atoms with Gasteiger partial charge in [-0.15, -0.1) is 0 Å². The zero-order valence-electron chi connectivity index (χ0n) is 14.6. The summed E-state index contributed by atoms with van der Waals surface area (Å²) in [5.74, 6) is 0.699. The molecule has 0 spiro atoms. The van der Waals surface area contributed by atoms with Crippen LogP contribution >= 0.6 is 0 Å². The first-order valence-corrected chi connectivity index (χ1v) is 8.15. The van der Waals surface area contributed by atoms with Gasteiger partial charge in [0, 0.05) is 18.8 Å². The molecule has 8 nitrogen and oxygen atoms in total. The van der Waals surface area contributed by atoms with Crippen LogP contribution in [-0.2, 0) is 4.74 Å². The second-order valence-electron chi connectivity index (χ2n) is 6.10. The predicted molar refractivity (Wildman–Crippen MR) is 95.7 cm³/mol. The fourth-order valence-corrected chi connectivity index (χ4v) is 2.89. The van der Waals surface area contributed by atoms with Crippen LogP contribution in [-0.4, -0.2) is 41.2 Å². The molecule has 2 heterocycles. The van der Waals surface area contributed by atoms with Gasteiger partial charge in [-0.2, -0.15) is 4.98 Å². The highest BCUT2D eigenvalue weighted by molar-refractivity contribution is 5.66. The number of aromatic nitrogens is 2. The third-order valence-corrected chi connectivity index (χ3v) is 4.16. The van der Waals surface area contributed by atoms with E-state index in [1.165, 1.54) is 0 Å². The van der Waals surface area contributed by atoms with E-state index in [0.29, 0.717) is 43.8 Å². The van der Waals surface area contributed by atoms with E-state index in [2.05, 4.69) is 21.4 Å². The van der Waals surface area contributed by atoms with E-state index in [-0.39, 0.29) is 5.69 Å². The lowest BCUT2D eigenvalue weighted by atomic mass is 10.1. The van der Waals surface area contributed by atoms with Crippen LogP contribution in [0.1, 0.15) is 16.8 Å². The van der Waals surface area contributed by atoms with E-state index < -0.39 is 4.92 Å². The summed E-state index contributed by atoms with van der Waals surface area (Å²) in [7, 11) is 0. The minimum Gasteiger partial charge on any atom is -0.378 e. The second-order valence-corrected chi connectivity index (χ2v) is 6.10. The van der Waals surface area contributed by atoms with Crippen LogP contribution in [0.4, 0.5) is 23.1 Å². The Morgan fingerprint density at radius 1 is 1.20 bits per heavy atom. The van der Waals surface area contributed by atoms with Crippen molar-refractivity contribution in [2.45, 2.75) is 20.8 Å². The van der Waals surface area contributed by atoms with E-state index in [9.17, 15) is 10.1 Å². The number of ether oxygens (including phenoxy) is 1. The predicted octanol–water partition coefficient (Wildman–Crippen LogP) is 2.89. The first-order chi connectivity index (χ1) is 12.0. The van der Waals surface area contributed by atoms with Gasteiger partial charge in [-0.1, -0.05) is 17.7 Å². The normalized spacial score (nSPS) is 14.4. The molecule has 1 fully saturated rings. The Morgan fingerprint density at radius 2 is 1.92 bits per heavy atom. The van der Waals surface area contributed by atoms with Gasteiger partial charge in [0.15, 0.2) is 0 Å². The summed E-state index contributed by atoms with van der Waals surface area (Å²) in [6.45, 7) is 7.86. The highest BCUT2D eigenvalue weighted by Crippen LogP contribution is 2.31. The molecule has 0 bridgehead atoms. The molecule has 0 atom stereocenters. The maximum atomic E-state index is 11.5. The van der Waals surface area contributed by atoms with Crippen molar-refractivity contribution < 1.29 is 9.66 Å². The molecule has 132 valence electrons. The van der Waals surface area contributed by atoms with Crippen LogP contribution < -0.4 is 10.2 Å². The molecule has 0 saturated carbocycles. The van der Waals surface area contributed by atoms with E-state index >= 15 is 0 Å². The minimum atomic E-state index is -0.416. The topological polar surface area (TPSA) is 93.4 Å². The van der Waals surface area contributed by atoms with Crippen LogP contribution in [0.5, 0.6) is 0 Å². The highest BCUT2D eigenvalue weighted by Gasteiger charge is 2.27. The molecule has 1 saturated heterocycles. The molecule has 0 radical (unpaired) electrons. The number of anilines is 3. The van der Waals surface area contributed by atoms with E-state index in [1.54, 1.807) is 6.92 Å². The van der Waals surface area contributed by atoms with Gasteiger partial charge in [-0.25, -0.2) is 4.98 Å². The van der Waals surface area contributed by atoms with Crippen molar-refractivity contribution in [1.82, 2.24) is 9.97 Å². The van der Waals surface area contributed by atoms with Crippen LogP contribution in [0.2, 0.25) is 0 Å². The molecule has 1 aliphatic heterocycles. The van der Waals surface area contributed by atoms with Crippen LogP contribution in [0, 0.1) is 30.9 Å². The van der Waals surface area contributed by atoms with Crippen LogP contribution in [0.3, 0.4) is 0 Å². The van der Waals surface area contributed by atoms with Crippen molar-refractivity contribution in [3.05, 3.63) is 45.1 Å². The monoisotopic (exact) mass is 343 g/mol. The van der Waals surface area contributed by atoms with E-state index in [1.807, 2.05) is 30.9 Å². The van der Waals surface area contributed by atoms with Crippen molar-refractivity contribution in [3.8, 4) is 0 Å². The smallest absolute Gasteiger partial charge is 0.332 e. The number of hydrogen-bond acceptors (Lipinski definition) is 7. The molecular formula is C17H21N5O3. The minimum absolute atomic E-state index is 0.0481. The Hall–Kier alpha value is -2.74. The fourth-order valence-electron chi connectivity index (χ4n) is 2.89. The maximum absolute atomic E-state index is 11.5. The zero-order chi connectivity index (χ0) is 18.0. The molecule has 0 aliphatic carbocycles. The Bertz CT molecular complexity index is 803. The number of hydrogen-bond donors (Lipinski definition) is 1. The summed E-state index contributed by atoms with van der Waals surface area (Å²) in [5.41, 5.74) is 3.40. The molecule has 1 aromatic carbocycles. The quantitative estimate of drug-likeness (QED) is 0.674. The standard InChI is InChI=1S/C17H21N5O3/c1-11-4-5-14(12(2)10-11)19-17-18-13(3)15(22(23)24)16(20-17)21-6-8-25-9-7-21/h4-5,10H,6-9H2,1-3H3,(H,18,19,20). The molecular weight excluding hydrogens is 322 g/mol. The summed E-state index contributed by atoms with van der Waals surface area (Å²) in [6.07, 6.45) is 0. The largest absolute Gasteiger partial charge is 0.378 e. The van der Waals surface area contributed by atoms with Crippen molar-refractivity contribution in [3.63, 3.8) is 0 Å². The number of morpholine rings is 1. The first kappa shape index (κ1) is 17.1. The SMILES string of the molecule is Cc1ccc(Nc2nc(C)c([N+](=O)[O-])c(N3CCOCC3)n2)c(C)c1. The van der Waals surface area contributed by atoms with Gasteiger partial charge in [0.25, 0.3) is 0 Å². The third-order valence-electron chi connectivity index (χ3n) is 4.16. The summed E-state index contributed by atoms with van der Waals surface area (Å²) >= 11 is 0. The van der Waals surface area contributed by atoms with Crippen LogP contribution in [0.25, 0.3) is 0 Å². The molecule has 0 unspecified atom stereocenters. The Labute approximate surface area is 146 Å². The number of aryl methyl sites for hydroxylation is 3. The van der Waals surface area contributed by atoms with Crippen molar-refractivity contribution in [2.75, 3.05) is 36.5 Å². The highest BCUT2D eigenvalue weighted by atomic mass is 16.6. The lowest BCUT2D eigenvalue weighted by Crippen LogP contribution is -2.37. The summed E-state index contributed by atoms with van der Waals surface area (Å²) in [6, 6.07) is 6.01. The summed E-state index contributed by atoms with van der Waals surface area (Å²) in [5, 5.41) is 14.7. The van der Waals surface area contributed by atoms with E-state index in [4.69, 9.17) is 4.74 Å². The van der Waals surface area contributed by atoms with Gasteiger partial charge in [0.1, 0.15) is 5.69 Å². The molecule has 8 heteroatoms. The number of benzene rings is 1. The van der Waals surface area contributed by atoms with Gasteiger partial charge < -0.3 is 15.0 Å². The summed E-state index contributed by atoms with van der Waals surface area (Å²) < 4.78 is 5.33. The van der Waals surface area contributed by atoms with Crippen molar-refractivity contribution in [2.24, 2.45) is 0 Å². The number of nitrogens with one attached hydrogen (secondary N) is 1. The molecule has 3 rings (SSSR count). The summed E-state index contributed by atoms with van der Waals surface area (Å²) in [4.78, 5) is 21.7. The van der Waals surface area contributed by atoms with Gasteiger partial charge in [-0.3, -0.25) is 10.1 Å². The lowest BCUT2D eigenvalue weighted by Gasteiger charge is -2.27. The van der Waals surface area contributed by atoms with Crippen LogP contribution in [0.15, 0.2) is 18.2 Å². The average molecular weight is 343 g/mol. The Kier molecular flexibility index (Phi) is 4.80. The fraction of sp³-hybridized carbons (Fsp3) is 0.412. The molecule has 25 heavy (non-hydrogen) atoms. The zero-order valence-corrected chi connectivity index (χ0v) is 14.6. The lowest BCUT2D eigenvalue weighted by molar-refractivity contribution is -0.385. The molecule has 1 aliphatic rings. The third kappa shape index (κ3) is 3.69. The van der Waals surface area contributed by atoms with Gasteiger partial charge >= 0.3 is 5.69 Å². The molecule has 0 amide bonds. The van der Waals surface area contributed by atoms with Crippen molar-refractivity contribution >= 4 is 23.1 Å². The van der Waals surface area contributed by atoms with Gasteiger partial charge in [-0.05, 0) is 32.4 Å². The first-order valence-electron chi connectivity index (χ1n) is 8.15. The molecule has 1 aromatic heterocycles. The van der Waals surface area contributed by atoms with E-state index in [0.717, 1.165) is 16.8 Å². The molecule has 2 aromatic rings. The number of rotatable bonds is 4. The number of nitrogens with zero attached hydrogens (tertiary/aromatic N) is 4. The van der Waals surface area contributed by atoms with Gasteiger partial charge in [0.2, 0.25) is 11.8 Å². The second kappa shape index (κ2) is 7.02. The average Bonchev–Trinajstić information content (AvgIpc) is 2.57.